The van der Waals surface area contributed by atoms with Gasteiger partial charge in [0.2, 0.25) is 0 Å². The fourth-order valence-electron chi connectivity index (χ4n) is 3.24. The van der Waals surface area contributed by atoms with Crippen LogP contribution in [0.5, 0.6) is 0 Å². The maximum Gasteiger partial charge on any atom is 0.258 e. The van der Waals surface area contributed by atoms with Crippen LogP contribution in [0.3, 0.4) is 0 Å². The van der Waals surface area contributed by atoms with Gasteiger partial charge in [0.1, 0.15) is 0 Å². The fraction of sp³-hybridized carbons (Fsp3) is 0.350. The van der Waals surface area contributed by atoms with Crippen molar-refractivity contribution in [2.75, 3.05) is 26.3 Å². The molecule has 3 heterocycles. The first-order valence-electron chi connectivity index (χ1n) is 8.89. The number of hydrogen-bond acceptors (Lipinski definition) is 6. The summed E-state index contributed by atoms with van der Waals surface area (Å²) in [5, 5.41) is 3.85. The van der Waals surface area contributed by atoms with E-state index in [-0.39, 0.29) is 0 Å². The molecule has 1 aliphatic rings. The number of nitrogens with zero attached hydrogens (tertiary/aromatic N) is 4. The van der Waals surface area contributed by atoms with Gasteiger partial charge in [-0.2, -0.15) is 4.98 Å². The molecule has 1 atom stereocenters. The highest BCUT2D eigenvalue weighted by molar-refractivity contribution is 5.66. The van der Waals surface area contributed by atoms with Crippen LogP contribution in [0, 0.1) is 6.92 Å². The second kappa shape index (κ2) is 7.35. The summed E-state index contributed by atoms with van der Waals surface area (Å²) in [4.78, 5) is 11.2. The Labute approximate surface area is 152 Å². The van der Waals surface area contributed by atoms with Gasteiger partial charge in [-0.05, 0) is 31.5 Å². The van der Waals surface area contributed by atoms with Gasteiger partial charge in [-0.15, -0.1) is 0 Å². The van der Waals surface area contributed by atoms with Crippen LogP contribution >= 0.6 is 0 Å². The summed E-state index contributed by atoms with van der Waals surface area (Å²) in [6, 6.07) is 12.9. The maximum atomic E-state index is 5.44. The van der Waals surface area contributed by atoms with Crippen LogP contribution in [0.15, 0.2) is 47.1 Å². The van der Waals surface area contributed by atoms with Gasteiger partial charge >= 0.3 is 0 Å². The lowest BCUT2D eigenvalue weighted by Gasteiger charge is -2.32. The molecule has 6 nitrogen and oxygen atoms in total. The third-order valence-corrected chi connectivity index (χ3v) is 4.82. The molecule has 2 aromatic heterocycles. The molecule has 0 amide bonds. The van der Waals surface area contributed by atoms with E-state index in [2.05, 4.69) is 51.2 Å². The summed E-state index contributed by atoms with van der Waals surface area (Å²) < 4.78 is 10.7. The minimum absolute atomic E-state index is 0.383. The third-order valence-electron chi connectivity index (χ3n) is 4.82. The fourth-order valence-corrected chi connectivity index (χ4v) is 3.24. The number of morpholine rings is 1. The van der Waals surface area contributed by atoms with Gasteiger partial charge in [-0.3, -0.25) is 9.88 Å². The van der Waals surface area contributed by atoms with Gasteiger partial charge in [0, 0.05) is 36.5 Å². The molecule has 26 heavy (non-hydrogen) atoms. The molecule has 3 aromatic rings. The number of aryl methyl sites for hydroxylation is 1. The van der Waals surface area contributed by atoms with E-state index in [0.717, 1.165) is 43.1 Å². The lowest BCUT2D eigenvalue weighted by atomic mass is 10.0. The molecule has 1 aromatic carbocycles. The van der Waals surface area contributed by atoms with Crippen LogP contribution in [0.4, 0.5) is 0 Å². The average Bonchev–Trinajstić information content (AvgIpc) is 3.15. The first-order chi connectivity index (χ1) is 12.7. The third kappa shape index (κ3) is 3.52. The second-order valence-corrected chi connectivity index (χ2v) is 6.52. The number of pyridine rings is 1. The summed E-state index contributed by atoms with van der Waals surface area (Å²) in [6.07, 6.45) is 1.77. The molecule has 0 spiro atoms. The molecule has 0 N–H and O–H groups in total. The number of aromatic nitrogens is 3. The zero-order chi connectivity index (χ0) is 17.9. The lowest BCUT2D eigenvalue weighted by molar-refractivity contribution is 0.0198. The smallest absolute Gasteiger partial charge is 0.258 e. The van der Waals surface area contributed by atoms with E-state index in [0.29, 0.717) is 17.8 Å². The zero-order valence-electron chi connectivity index (χ0n) is 15.1. The number of rotatable bonds is 4. The highest BCUT2D eigenvalue weighted by Crippen LogP contribution is 2.26. The van der Waals surface area contributed by atoms with Crippen molar-refractivity contribution in [2.45, 2.75) is 19.9 Å². The number of benzene rings is 1. The Morgan fingerprint density at radius 3 is 2.50 bits per heavy atom. The molecule has 0 unspecified atom stereocenters. The van der Waals surface area contributed by atoms with Gasteiger partial charge in [-0.25, -0.2) is 0 Å². The van der Waals surface area contributed by atoms with Crippen molar-refractivity contribution < 1.29 is 9.26 Å². The summed E-state index contributed by atoms with van der Waals surface area (Å²) in [7, 11) is 0. The van der Waals surface area contributed by atoms with Crippen LogP contribution in [-0.4, -0.2) is 46.3 Å². The Bertz CT molecular complexity index is 870. The molecule has 0 aliphatic carbocycles. The molecule has 0 bridgehead atoms. The summed E-state index contributed by atoms with van der Waals surface area (Å²) >= 11 is 0. The molecule has 1 fully saturated rings. The standard InChI is InChI=1S/C20H22N4O2/c1-14(24-9-11-25-12-10-24)16-3-5-17(6-4-16)19-13-18(7-8-21-19)20-22-15(2)23-26-20/h3-8,13-14H,9-12H2,1-2H3/t14-/m1/s1. The van der Waals surface area contributed by atoms with Crippen molar-refractivity contribution in [2.24, 2.45) is 0 Å². The van der Waals surface area contributed by atoms with Crippen molar-refractivity contribution >= 4 is 0 Å². The van der Waals surface area contributed by atoms with E-state index >= 15 is 0 Å². The minimum atomic E-state index is 0.383. The lowest BCUT2D eigenvalue weighted by Crippen LogP contribution is -2.37. The van der Waals surface area contributed by atoms with Crippen molar-refractivity contribution in [1.82, 2.24) is 20.0 Å². The van der Waals surface area contributed by atoms with Crippen molar-refractivity contribution in [3.8, 4) is 22.7 Å². The molecule has 4 rings (SSSR count). The Balaban J connectivity index is 1.55. The monoisotopic (exact) mass is 350 g/mol. The molecule has 0 saturated carbocycles. The van der Waals surface area contributed by atoms with E-state index in [1.807, 2.05) is 19.1 Å². The van der Waals surface area contributed by atoms with Gasteiger partial charge in [-0.1, -0.05) is 29.4 Å². The molecular weight excluding hydrogens is 328 g/mol. The molecule has 0 radical (unpaired) electrons. The van der Waals surface area contributed by atoms with Crippen molar-refractivity contribution in [3.63, 3.8) is 0 Å². The van der Waals surface area contributed by atoms with Crippen LogP contribution in [0.1, 0.15) is 24.4 Å². The van der Waals surface area contributed by atoms with Crippen LogP contribution < -0.4 is 0 Å². The molecule has 6 heteroatoms. The topological polar surface area (TPSA) is 64.3 Å². The highest BCUT2D eigenvalue weighted by atomic mass is 16.5. The van der Waals surface area contributed by atoms with E-state index in [4.69, 9.17) is 9.26 Å². The Morgan fingerprint density at radius 2 is 1.81 bits per heavy atom. The zero-order valence-corrected chi connectivity index (χ0v) is 15.1. The largest absolute Gasteiger partial charge is 0.379 e. The first-order valence-corrected chi connectivity index (χ1v) is 8.89. The summed E-state index contributed by atoms with van der Waals surface area (Å²) in [5.74, 6) is 1.14. The predicted molar refractivity (Wildman–Crippen MR) is 98.5 cm³/mol. The Kier molecular flexibility index (Phi) is 4.77. The SMILES string of the molecule is Cc1noc(-c2ccnc(-c3ccc([C@@H](C)N4CCOCC4)cc3)c2)n1. The highest BCUT2D eigenvalue weighted by Gasteiger charge is 2.18. The molecule has 134 valence electrons. The Hall–Kier alpha value is -2.57. The van der Waals surface area contributed by atoms with E-state index in [1.165, 1.54) is 5.56 Å². The van der Waals surface area contributed by atoms with Crippen LogP contribution in [0.25, 0.3) is 22.7 Å². The van der Waals surface area contributed by atoms with E-state index in [9.17, 15) is 0 Å². The summed E-state index contributed by atoms with van der Waals surface area (Å²) in [5.41, 5.74) is 4.14. The van der Waals surface area contributed by atoms with Crippen LogP contribution in [-0.2, 0) is 4.74 Å². The maximum absolute atomic E-state index is 5.44. The van der Waals surface area contributed by atoms with Crippen molar-refractivity contribution in [3.05, 3.63) is 54.0 Å². The normalized spacial score (nSPS) is 16.5. The van der Waals surface area contributed by atoms with Gasteiger partial charge in [0.25, 0.3) is 5.89 Å². The van der Waals surface area contributed by atoms with E-state index < -0.39 is 0 Å². The summed E-state index contributed by atoms with van der Waals surface area (Å²) in [6.45, 7) is 7.65. The average molecular weight is 350 g/mol. The van der Waals surface area contributed by atoms with Gasteiger partial charge in [0.05, 0.1) is 18.9 Å². The molecule has 1 saturated heterocycles. The molecule has 1 aliphatic heterocycles. The number of ether oxygens (including phenoxy) is 1. The van der Waals surface area contributed by atoms with E-state index in [1.54, 1.807) is 6.20 Å². The number of hydrogen-bond donors (Lipinski definition) is 0. The van der Waals surface area contributed by atoms with Crippen molar-refractivity contribution in [1.29, 1.82) is 0 Å². The second-order valence-electron chi connectivity index (χ2n) is 6.52. The quantitative estimate of drug-likeness (QED) is 0.717. The minimum Gasteiger partial charge on any atom is -0.379 e. The first kappa shape index (κ1) is 16.9. The van der Waals surface area contributed by atoms with Gasteiger partial charge in [0.15, 0.2) is 5.82 Å². The molecular formula is C20H22N4O2. The van der Waals surface area contributed by atoms with Gasteiger partial charge < -0.3 is 9.26 Å². The Morgan fingerprint density at radius 1 is 1.04 bits per heavy atom. The predicted octanol–water partition coefficient (Wildman–Crippen LogP) is 3.50. The van der Waals surface area contributed by atoms with Crippen LogP contribution in [0.2, 0.25) is 0 Å².